The number of halogens is 2. The second-order valence-corrected chi connectivity index (χ2v) is 5.72. The van der Waals surface area contributed by atoms with E-state index in [0.717, 1.165) is 5.56 Å². The molecule has 0 fully saturated rings. The number of nitriles is 1. The van der Waals surface area contributed by atoms with Crippen LogP contribution in [0, 0.1) is 18.3 Å². The zero-order valence-corrected chi connectivity index (χ0v) is 13.4. The quantitative estimate of drug-likeness (QED) is 0.823. The first-order valence-corrected chi connectivity index (χ1v) is 7.18. The van der Waals surface area contributed by atoms with Crippen LogP contribution in [-0.4, -0.2) is 9.97 Å². The average Bonchev–Trinajstić information content (AvgIpc) is 2.43. The van der Waals surface area contributed by atoms with Crippen molar-refractivity contribution in [3.05, 3.63) is 45.3 Å². The summed E-state index contributed by atoms with van der Waals surface area (Å²) in [4.78, 5) is 8.73. The SMILES string of the molecule is Cc1c(Cl)nc(C(C)C)nc1Nc1cc(Cl)ccc1C#N. The maximum absolute atomic E-state index is 9.16. The van der Waals surface area contributed by atoms with Gasteiger partial charge in [-0.2, -0.15) is 5.26 Å². The molecule has 0 aliphatic carbocycles. The highest BCUT2D eigenvalue weighted by atomic mass is 35.5. The van der Waals surface area contributed by atoms with Gasteiger partial charge in [0.25, 0.3) is 0 Å². The van der Waals surface area contributed by atoms with Crippen LogP contribution < -0.4 is 5.32 Å². The van der Waals surface area contributed by atoms with Crippen LogP contribution in [0.15, 0.2) is 18.2 Å². The predicted octanol–water partition coefficient (Wildman–Crippen LogP) is 4.83. The predicted molar refractivity (Wildman–Crippen MR) is 85.3 cm³/mol. The van der Waals surface area contributed by atoms with Crippen molar-refractivity contribution >= 4 is 34.7 Å². The van der Waals surface area contributed by atoms with Crippen LogP contribution in [0.3, 0.4) is 0 Å². The minimum absolute atomic E-state index is 0.151. The lowest BCUT2D eigenvalue weighted by atomic mass is 10.2. The van der Waals surface area contributed by atoms with E-state index in [9.17, 15) is 0 Å². The van der Waals surface area contributed by atoms with Crippen molar-refractivity contribution in [2.45, 2.75) is 26.7 Å². The van der Waals surface area contributed by atoms with Crippen molar-refractivity contribution in [2.75, 3.05) is 5.32 Å². The third-order valence-electron chi connectivity index (χ3n) is 2.98. The monoisotopic (exact) mass is 320 g/mol. The molecule has 1 heterocycles. The Hall–Kier alpha value is -1.83. The molecule has 108 valence electrons. The summed E-state index contributed by atoms with van der Waals surface area (Å²) in [5, 5.41) is 13.2. The Morgan fingerprint density at radius 1 is 1.24 bits per heavy atom. The molecule has 0 spiro atoms. The zero-order valence-electron chi connectivity index (χ0n) is 11.9. The molecule has 0 radical (unpaired) electrons. The summed E-state index contributed by atoms with van der Waals surface area (Å²) >= 11 is 12.1. The number of nitrogens with one attached hydrogen (secondary N) is 1. The molecule has 0 saturated heterocycles. The molecule has 0 atom stereocenters. The summed E-state index contributed by atoms with van der Waals surface area (Å²) in [7, 11) is 0. The van der Waals surface area contributed by atoms with Crippen molar-refractivity contribution in [3.8, 4) is 6.07 Å². The second kappa shape index (κ2) is 6.30. The van der Waals surface area contributed by atoms with Gasteiger partial charge in [-0.15, -0.1) is 0 Å². The van der Waals surface area contributed by atoms with E-state index in [2.05, 4.69) is 21.4 Å². The van der Waals surface area contributed by atoms with Crippen molar-refractivity contribution in [3.63, 3.8) is 0 Å². The van der Waals surface area contributed by atoms with E-state index in [-0.39, 0.29) is 5.92 Å². The molecule has 0 aliphatic rings. The van der Waals surface area contributed by atoms with Gasteiger partial charge in [-0.3, -0.25) is 0 Å². The first kappa shape index (κ1) is 15.6. The molecule has 1 aromatic heterocycles. The lowest BCUT2D eigenvalue weighted by Crippen LogP contribution is -2.05. The maximum atomic E-state index is 9.16. The molecule has 1 aromatic carbocycles. The summed E-state index contributed by atoms with van der Waals surface area (Å²) in [6.07, 6.45) is 0. The Kier molecular flexibility index (Phi) is 4.66. The molecule has 2 rings (SSSR count). The second-order valence-electron chi connectivity index (χ2n) is 4.93. The van der Waals surface area contributed by atoms with Gasteiger partial charge in [-0.05, 0) is 25.1 Å². The largest absolute Gasteiger partial charge is 0.339 e. The van der Waals surface area contributed by atoms with Gasteiger partial charge in [-0.25, -0.2) is 9.97 Å². The molecular formula is C15H14Cl2N4. The van der Waals surface area contributed by atoms with Gasteiger partial charge < -0.3 is 5.32 Å². The lowest BCUT2D eigenvalue weighted by Gasteiger charge is -2.14. The van der Waals surface area contributed by atoms with Crippen molar-refractivity contribution in [1.29, 1.82) is 5.26 Å². The molecule has 0 bridgehead atoms. The summed E-state index contributed by atoms with van der Waals surface area (Å²) in [5.74, 6) is 1.38. The minimum atomic E-state index is 0.151. The highest BCUT2D eigenvalue weighted by Gasteiger charge is 2.13. The fraction of sp³-hybridized carbons (Fsp3) is 0.267. The average molecular weight is 321 g/mol. The summed E-state index contributed by atoms with van der Waals surface area (Å²) < 4.78 is 0. The topological polar surface area (TPSA) is 61.6 Å². The Morgan fingerprint density at radius 2 is 1.95 bits per heavy atom. The number of anilines is 2. The molecule has 4 nitrogen and oxygen atoms in total. The van der Waals surface area contributed by atoms with Crippen molar-refractivity contribution in [2.24, 2.45) is 0 Å². The Bertz CT molecular complexity index is 720. The van der Waals surface area contributed by atoms with Crippen LogP contribution >= 0.6 is 23.2 Å². The van der Waals surface area contributed by atoms with E-state index in [1.54, 1.807) is 18.2 Å². The Labute approximate surface area is 133 Å². The van der Waals surface area contributed by atoms with Gasteiger partial charge in [0, 0.05) is 16.5 Å². The molecule has 6 heteroatoms. The van der Waals surface area contributed by atoms with Crippen LogP contribution in [0.5, 0.6) is 0 Å². The maximum Gasteiger partial charge on any atom is 0.138 e. The molecular weight excluding hydrogens is 307 g/mol. The standard InChI is InChI=1S/C15H14Cl2N4/c1-8(2)14-20-13(17)9(3)15(21-14)19-12-6-11(16)5-4-10(12)7-18/h4-6,8H,1-3H3,(H,19,20,21). The fourth-order valence-electron chi connectivity index (χ4n) is 1.73. The van der Waals surface area contributed by atoms with E-state index in [1.165, 1.54) is 0 Å². The van der Waals surface area contributed by atoms with Crippen molar-refractivity contribution in [1.82, 2.24) is 9.97 Å². The minimum Gasteiger partial charge on any atom is -0.339 e. The van der Waals surface area contributed by atoms with Gasteiger partial charge in [0.2, 0.25) is 0 Å². The number of rotatable bonds is 3. The molecule has 1 N–H and O–H groups in total. The first-order valence-electron chi connectivity index (χ1n) is 6.43. The number of aromatic nitrogens is 2. The third-order valence-corrected chi connectivity index (χ3v) is 3.58. The highest BCUT2D eigenvalue weighted by molar-refractivity contribution is 6.31. The van der Waals surface area contributed by atoms with Crippen molar-refractivity contribution < 1.29 is 0 Å². The zero-order chi connectivity index (χ0) is 15.6. The van der Waals surface area contributed by atoms with Gasteiger partial charge in [0.15, 0.2) is 0 Å². The fourth-order valence-corrected chi connectivity index (χ4v) is 2.08. The van der Waals surface area contributed by atoms with Gasteiger partial charge >= 0.3 is 0 Å². The van der Waals surface area contributed by atoms with E-state index in [0.29, 0.717) is 33.1 Å². The Morgan fingerprint density at radius 3 is 2.57 bits per heavy atom. The molecule has 0 amide bonds. The third kappa shape index (κ3) is 3.44. The summed E-state index contributed by atoms with van der Waals surface area (Å²) in [6.45, 7) is 5.81. The van der Waals surface area contributed by atoms with Gasteiger partial charge in [-0.1, -0.05) is 37.0 Å². The molecule has 2 aromatic rings. The molecule has 0 aliphatic heterocycles. The van der Waals surface area contributed by atoms with Crippen LogP contribution in [0.4, 0.5) is 11.5 Å². The lowest BCUT2D eigenvalue weighted by molar-refractivity contribution is 0.773. The Balaban J connectivity index is 2.49. The van der Waals surface area contributed by atoms with Crippen LogP contribution in [0.25, 0.3) is 0 Å². The number of nitrogens with zero attached hydrogens (tertiary/aromatic N) is 3. The van der Waals surface area contributed by atoms with E-state index < -0.39 is 0 Å². The summed E-state index contributed by atoms with van der Waals surface area (Å²) in [5.41, 5.74) is 1.81. The number of hydrogen-bond donors (Lipinski definition) is 1. The van der Waals surface area contributed by atoms with E-state index in [1.807, 2.05) is 20.8 Å². The van der Waals surface area contributed by atoms with Gasteiger partial charge in [0.05, 0.1) is 11.3 Å². The number of benzene rings is 1. The van der Waals surface area contributed by atoms with Crippen LogP contribution in [0.2, 0.25) is 10.2 Å². The smallest absolute Gasteiger partial charge is 0.138 e. The van der Waals surface area contributed by atoms with Gasteiger partial charge in [0.1, 0.15) is 22.9 Å². The molecule has 21 heavy (non-hydrogen) atoms. The molecule has 0 saturated carbocycles. The highest BCUT2D eigenvalue weighted by Crippen LogP contribution is 2.28. The number of hydrogen-bond acceptors (Lipinski definition) is 4. The first-order chi connectivity index (χ1) is 9.92. The van der Waals surface area contributed by atoms with E-state index in [4.69, 9.17) is 28.5 Å². The molecule has 0 unspecified atom stereocenters. The normalized spacial score (nSPS) is 10.5. The van der Waals surface area contributed by atoms with E-state index >= 15 is 0 Å². The summed E-state index contributed by atoms with van der Waals surface area (Å²) in [6, 6.07) is 7.13. The van der Waals surface area contributed by atoms with Crippen LogP contribution in [-0.2, 0) is 0 Å². The van der Waals surface area contributed by atoms with Crippen LogP contribution in [0.1, 0.15) is 36.7 Å².